The molecule has 7 heteroatoms. The smallest absolute Gasteiger partial charge is 0.299 e. The molecular weight excluding hydrogens is 270 g/mol. The van der Waals surface area contributed by atoms with E-state index >= 15 is 0 Å². The van der Waals surface area contributed by atoms with Crippen LogP contribution >= 0.6 is 12.2 Å². The molecule has 1 aromatic rings. The Hall–Kier alpha value is -1.18. The monoisotopic (exact) mass is 287 g/mol. The fraction of sp³-hybridized carbons (Fsp3) is 0.364. The molecule has 100 valence electrons. The minimum absolute atomic E-state index is 0.275. The first kappa shape index (κ1) is 14.9. The molecule has 5 nitrogen and oxygen atoms in total. The van der Waals surface area contributed by atoms with Gasteiger partial charge in [-0.05, 0) is 45.0 Å². The number of hydrogen-bond acceptors (Lipinski definition) is 3. The van der Waals surface area contributed by atoms with E-state index in [1.807, 2.05) is 0 Å². The number of nitrogens with one attached hydrogen (secondary N) is 2. The number of nitrogens with two attached hydrogens (primary N) is 1. The van der Waals surface area contributed by atoms with Gasteiger partial charge in [0.05, 0.1) is 0 Å². The van der Waals surface area contributed by atoms with Crippen LogP contribution in [-0.4, -0.2) is 18.9 Å². The van der Waals surface area contributed by atoms with Gasteiger partial charge in [0.2, 0.25) is 0 Å². The lowest BCUT2D eigenvalue weighted by Gasteiger charge is -2.20. The molecule has 0 amide bonds. The van der Waals surface area contributed by atoms with Crippen LogP contribution in [0.25, 0.3) is 0 Å². The molecule has 0 atom stereocenters. The predicted molar refractivity (Wildman–Crippen MR) is 77.8 cm³/mol. The summed E-state index contributed by atoms with van der Waals surface area (Å²) < 4.78 is 28.4. The Morgan fingerprint density at radius 2 is 1.72 bits per heavy atom. The lowest BCUT2D eigenvalue weighted by atomic mass is 10.1. The molecule has 0 spiro atoms. The Morgan fingerprint density at radius 1 is 1.22 bits per heavy atom. The summed E-state index contributed by atoms with van der Waals surface area (Å²) in [5.74, 6) is 0. The molecule has 0 saturated carbocycles. The van der Waals surface area contributed by atoms with Crippen molar-refractivity contribution >= 4 is 33.1 Å². The van der Waals surface area contributed by atoms with Crippen molar-refractivity contribution in [2.45, 2.75) is 26.3 Å². The van der Waals surface area contributed by atoms with E-state index in [0.717, 1.165) is 0 Å². The van der Waals surface area contributed by atoms with E-state index in [0.29, 0.717) is 11.3 Å². The normalized spacial score (nSPS) is 12.2. The molecular formula is C11H17N3O2S2. The van der Waals surface area contributed by atoms with Gasteiger partial charge in [-0.1, -0.05) is 12.2 Å². The van der Waals surface area contributed by atoms with E-state index in [9.17, 15) is 8.42 Å². The third-order valence-electron chi connectivity index (χ3n) is 1.86. The molecule has 18 heavy (non-hydrogen) atoms. The highest BCUT2D eigenvalue weighted by molar-refractivity contribution is 7.90. The highest BCUT2D eigenvalue weighted by Gasteiger charge is 2.19. The van der Waals surface area contributed by atoms with Crippen molar-refractivity contribution in [3.8, 4) is 0 Å². The number of rotatable bonds is 4. The maximum absolute atomic E-state index is 11.8. The Balaban J connectivity index is 2.82. The van der Waals surface area contributed by atoms with Gasteiger partial charge in [0.1, 0.15) is 4.99 Å². The maximum Gasteiger partial charge on any atom is 0.299 e. The second-order valence-corrected chi connectivity index (χ2v) is 6.75. The molecule has 0 radical (unpaired) electrons. The summed E-state index contributed by atoms with van der Waals surface area (Å²) >= 11 is 4.81. The zero-order valence-corrected chi connectivity index (χ0v) is 12.2. The summed E-state index contributed by atoms with van der Waals surface area (Å²) in [5, 5.41) is 0. The van der Waals surface area contributed by atoms with E-state index in [4.69, 9.17) is 18.0 Å². The lowest BCUT2D eigenvalue weighted by Crippen LogP contribution is -2.43. The molecule has 0 saturated heterocycles. The Morgan fingerprint density at radius 3 is 2.11 bits per heavy atom. The molecule has 1 aromatic carbocycles. The van der Waals surface area contributed by atoms with Gasteiger partial charge < -0.3 is 5.73 Å². The standard InChI is InChI=1S/C11H17N3O2S2/c1-11(2,3)14-18(15,16)13-9-6-4-8(5-7-9)10(12)17/h4-7,13-14H,1-3H3,(H2,12,17). The summed E-state index contributed by atoms with van der Waals surface area (Å²) in [7, 11) is -3.59. The van der Waals surface area contributed by atoms with Crippen LogP contribution in [0.4, 0.5) is 5.69 Å². The Labute approximate surface area is 113 Å². The second-order valence-electron chi connectivity index (χ2n) is 4.90. The van der Waals surface area contributed by atoms with Crippen molar-refractivity contribution in [1.29, 1.82) is 0 Å². The number of benzene rings is 1. The van der Waals surface area contributed by atoms with Crippen molar-refractivity contribution in [3.05, 3.63) is 29.8 Å². The minimum Gasteiger partial charge on any atom is -0.389 e. The molecule has 0 aliphatic rings. The first-order valence-electron chi connectivity index (χ1n) is 5.31. The Bertz CT molecular complexity index is 530. The third kappa shape index (κ3) is 4.99. The van der Waals surface area contributed by atoms with Gasteiger partial charge in [-0.25, -0.2) is 0 Å². The number of anilines is 1. The van der Waals surface area contributed by atoms with Crippen molar-refractivity contribution < 1.29 is 8.42 Å². The SMILES string of the molecule is CC(C)(C)NS(=O)(=O)Nc1ccc(C(N)=S)cc1. The summed E-state index contributed by atoms with van der Waals surface area (Å²) in [6.07, 6.45) is 0. The molecule has 0 aliphatic heterocycles. The van der Waals surface area contributed by atoms with E-state index in [1.54, 1.807) is 45.0 Å². The molecule has 0 aromatic heterocycles. The summed E-state index contributed by atoms with van der Waals surface area (Å²) in [5.41, 5.74) is 6.06. The topological polar surface area (TPSA) is 84.2 Å². The fourth-order valence-corrected chi connectivity index (χ4v) is 2.73. The van der Waals surface area contributed by atoms with Crippen molar-refractivity contribution in [2.24, 2.45) is 5.73 Å². The first-order valence-corrected chi connectivity index (χ1v) is 7.20. The van der Waals surface area contributed by atoms with Crippen molar-refractivity contribution in [1.82, 2.24) is 4.72 Å². The fourth-order valence-electron chi connectivity index (χ4n) is 1.29. The minimum atomic E-state index is -3.59. The van der Waals surface area contributed by atoms with Crippen LogP contribution in [0.5, 0.6) is 0 Å². The van der Waals surface area contributed by atoms with Gasteiger partial charge in [-0.2, -0.15) is 13.1 Å². The summed E-state index contributed by atoms with van der Waals surface area (Å²) in [6, 6.07) is 6.54. The van der Waals surface area contributed by atoms with E-state index in [2.05, 4.69) is 9.44 Å². The summed E-state index contributed by atoms with van der Waals surface area (Å²) in [4.78, 5) is 0.275. The Kier molecular flexibility index (Phi) is 4.31. The van der Waals surface area contributed by atoms with Gasteiger partial charge in [-0.3, -0.25) is 4.72 Å². The zero-order valence-electron chi connectivity index (χ0n) is 10.5. The van der Waals surface area contributed by atoms with E-state index in [1.165, 1.54) is 0 Å². The van der Waals surface area contributed by atoms with Gasteiger partial charge in [0.15, 0.2) is 0 Å². The molecule has 1 rings (SSSR count). The molecule has 0 bridgehead atoms. The summed E-state index contributed by atoms with van der Waals surface area (Å²) in [6.45, 7) is 5.30. The van der Waals surface area contributed by atoms with E-state index < -0.39 is 15.7 Å². The molecule has 4 N–H and O–H groups in total. The zero-order chi connectivity index (χ0) is 14.0. The highest BCUT2D eigenvalue weighted by Crippen LogP contribution is 2.12. The molecule has 0 heterocycles. The van der Waals surface area contributed by atoms with Gasteiger partial charge >= 0.3 is 0 Å². The predicted octanol–water partition coefficient (Wildman–Crippen LogP) is 1.37. The molecule has 0 fully saturated rings. The number of hydrogen-bond donors (Lipinski definition) is 3. The quantitative estimate of drug-likeness (QED) is 0.730. The molecule has 0 aliphatic carbocycles. The van der Waals surface area contributed by atoms with Gasteiger partial charge in [-0.15, -0.1) is 0 Å². The highest BCUT2D eigenvalue weighted by atomic mass is 32.2. The molecule has 0 unspecified atom stereocenters. The van der Waals surface area contributed by atoms with Crippen LogP contribution in [-0.2, 0) is 10.2 Å². The average molecular weight is 287 g/mol. The van der Waals surface area contributed by atoms with E-state index in [-0.39, 0.29) is 4.99 Å². The number of thiocarbonyl (C=S) groups is 1. The average Bonchev–Trinajstić information content (AvgIpc) is 2.13. The van der Waals surface area contributed by atoms with Crippen LogP contribution in [0.15, 0.2) is 24.3 Å². The second kappa shape index (κ2) is 5.21. The largest absolute Gasteiger partial charge is 0.389 e. The van der Waals surface area contributed by atoms with Crippen molar-refractivity contribution in [2.75, 3.05) is 4.72 Å². The van der Waals surface area contributed by atoms with Crippen molar-refractivity contribution in [3.63, 3.8) is 0 Å². The van der Waals surface area contributed by atoms with Crippen LogP contribution in [0.3, 0.4) is 0 Å². The maximum atomic E-state index is 11.8. The van der Waals surface area contributed by atoms with Crippen LogP contribution in [0, 0.1) is 0 Å². The van der Waals surface area contributed by atoms with Gasteiger partial charge in [0.25, 0.3) is 10.2 Å². The van der Waals surface area contributed by atoms with Gasteiger partial charge in [0, 0.05) is 16.8 Å². The first-order chi connectivity index (χ1) is 8.09. The van der Waals surface area contributed by atoms with Crippen LogP contribution in [0.1, 0.15) is 26.3 Å². The third-order valence-corrected chi connectivity index (χ3v) is 3.48. The van der Waals surface area contributed by atoms with Crippen LogP contribution < -0.4 is 15.2 Å². The lowest BCUT2D eigenvalue weighted by molar-refractivity contribution is 0.494. The van der Waals surface area contributed by atoms with Crippen LogP contribution in [0.2, 0.25) is 0 Å².